The molecule has 0 radical (unpaired) electrons. The Kier molecular flexibility index (Phi) is 11.9. The number of ether oxygens (including phenoxy) is 2. The second-order valence-electron chi connectivity index (χ2n) is 30.7. The van der Waals surface area contributed by atoms with Gasteiger partial charge in [-0.25, -0.2) is 0 Å². The minimum absolute atomic E-state index is 0.150. The Hall–Kier alpha value is -10.5. The van der Waals surface area contributed by atoms with Gasteiger partial charge in [0.05, 0.1) is 5.41 Å². The molecule has 2 heteroatoms. The van der Waals surface area contributed by atoms with Crippen LogP contribution in [-0.4, -0.2) is 6.79 Å². The smallest absolute Gasteiger partial charge is 0.231 e. The summed E-state index contributed by atoms with van der Waals surface area (Å²) in [7, 11) is 0. The number of rotatable bonds is 7. The zero-order valence-electron chi connectivity index (χ0n) is 57.2. The topological polar surface area (TPSA) is 18.5 Å². The summed E-state index contributed by atoms with van der Waals surface area (Å²) in [6, 6.07) is 97.1. The van der Waals surface area contributed by atoms with Gasteiger partial charge in [-0.15, -0.1) is 0 Å². The van der Waals surface area contributed by atoms with Crippen LogP contribution in [0.5, 0.6) is 11.5 Å². The minimum atomic E-state index is -1.02. The Morgan fingerprint density at radius 2 is 0.526 bits per heavy atom. The standard InChI is InChI=1S/C95H76O2/c1-54-43-55(2)85(56(3)44-54)71-33-24-42-81-90(71)72-51-83-84(97-53-96-83)52-82(72)95(81,61-47-57(63-29-20-38-77-86(63)67-25-12-16-34-73(67)91(77,4)5)45-58(48-61)64-30-21-39-78-87(64)68-26-13-17-35-74(68)92(78,6)7)62-49-59(65-31-22-40-79-88(65)69-27-14-18-36-75(69)93(79,8)9)46-60(50-62)66-32-23-41-80-89(66)70-28-15-19-37-76(70)94(80,10)11/h12-52H,53H2,1-11H3. The van der Waals surface area contributed by atoms with Crippen molar-refractivity contribution in [1.82, 2.24) is 0 Å². The Balaban J connectivity index is 1.01. The van der Waals surface area contributed by atoms with Gasteiger partial charge in [0.2, 0.25) is 6.79 Å². The van der Waals surface area contributed by atoms with Gasteiger partial charge in [0.15, 0.2) is 11.5 Å². The van der Waals surface area contributed by atoms with Gasteiger partial charge >= 0.3 is 0 Å². The molecule has 0 fully saturated rings. The van der Waals surface area contributed by atoms with E-state index in [1.54, 1.807) is 0 Å². The summed E-state index contributed by atoms with van der Waals surface area (Å²) < 4.78 is 13.3. The number of fused-ring (bicyclic) bond motifs is 16. The molecule has 0 saturated heterocycles. The molecule has 5 aliphatic carbocycles. The normalized spacial score (nSPS) is 16.1. The van der Waals surface area contributed by atoms with Crippen LogP contribution in [0.3, 0.4) is 0 Å². The van der Waals surface area contributed by atoms with E-state index in [1.807, 2.05) is 0 Å². The highest BCUT2D eigenvalue weighted by atomic mass is 16.7. The van der Waals surface area contributed by atoms with Crippen LogP contribution in [-0.2, 0) is 27.1 Å². The molecule has 1 heterocycles. The zero-order valence-corrected chi connectivity index (χ0v) is 57.2. The van der Waals surface area contributed by atoms with Crippen LogP contribution in [0, 0.1) is 20.8 Å². The Labute approximate surface area is 571 Å². The second-order valence-corrected chi connectivity index (χ2v) is 30.7. The van der Waals surface area contributed by atoms with Crippen molar-refractivity contribution in [3.05, 3.63) is 332 Å². The Bertz CT molecular complexity index is 5120. The molecular weight excluding hydrogens is 1170 g/mol. The molecule has 0 unspecified atom stereocenters. The zero-order chi connectivity index (χ0) is 66.0. The van der Waals surface area contributed by atoms with Crippen LogP contribution < -0.4 is 9.47 Å². The van der Waals surface area contributed by atoms with E-state index in [-0.39, 0.29) is 28.5 Å². The number of hydrogen-bond acceptors (Lipinski definition) is 2. The highest BCUT2D eigenvalue weighted by Gasteiger charge is 2.51. The molecule has 2 nitrogen and oxygen atoms in total. The quantitative estimate of drug-likeness (QED) is 0.158. The monoisotopic (exact) mass is 1250 g/mol. The van der Waals surface area contributed by atoms with Crippen molar-refractivity contribution in [3.63, 3.8) is 0 Å². The summed E-state index contributed by atoms with van der Waals surface area (Å²) in [6.07, 6.45) is 0. The first-order valence-corrected chi connectivity index (χ1v) is 34.8. The molecule has 6 aliphatic rings. The van der Waals surface area contributed by atoms with Gasteiger partial charge in [0.1, 0.15) is 0 Å². The van der Waals surface area contributed by atoms with Crippen LogP contribution in [0.25, 0.3) is 111 Å². The summed E-state index contributed by atoms with van der Waals surface area (Å²) in [4.78, 5) is 0. The van der Waals surface area contributed by atoms with Crippen LogP contribution in [0.1, 0.15) is 139 Å². The van der Waals surface area contributed by atoms with Crippen molar-refractivity contribution in [2.24, 2.45) is 0 Å². The molecule has 19 rings (SSSR count). The van der Waals surface area contributed by atoms with Crippen molar-refractivity contribution < 1.29 is 9.47 Å². The van der Waals surface area contributed by atoms with E-state index in [2.05, 4.69) is 325 Å². The Morgan fingerprint density at radius 3 is 0.887 bits per heavy atom. The fraction of sp³-hybridized carbons (Fsp3) is 0.179. The van der Waals surface area contributed by atoms with Crippen LogP contribution in [0.2, 0.25) is 0 Å². The van der Waals surface area contributed by atoms with Crippen molar-refractivity contribution in [3.8, 4) is 123 Å². The van der Waals surface area contributed by atoms with E-state index in [4.69, 9.17) is 9.47 Å². The van der Waals surface area contributed by atoms with E-state index in [9.17, 15) is 0 Å². The third-order valence-corrected chi connectivity index (χ3v) is 24.0. The van der Waals surface area contributed by atoms with Gasteiger partial charge in [-0.1, -0.05) is 261 Å². The molecule has 0 aromatic heterocycles. The van der Waals surface area contributed by atoms with Crippen LogP contribution in [0.15, 0.2) is 249 Å². The predicted molar refractivity (Wildman–Crippen MR) is 402 cm³/mol. The van der Waals surface area contributed by atoms with Gasteiger partial charge in [0, 0.05) is 21.7 Å². The minimum Gasteiger partial charge on any atom is -0.454 e. The first kappa shape index (κ1) is 57.9. The van der Waals surface area contributed by atoms with Gasteiger partial charge in [-0.2, -0.15) is 0 Å². The van der Waals surface area contributed by atoms with Crippen molar-refractivity contribution in [2.75, 3.05) is 6.79 Å². The Morgan fingerprint density at radius 1 is 0.237 bits per heavy atom. The predicted octanol–water partition coefficient (Wildman–Crippen LogP) is 24.3. The molecule has 0 amide bonds. The van der Waals surface area contributed by atoms with Gasteiger partial charge in [-0.3, -0.25) is 0 Å². The highest BCUT2D eigenvalue weighted by Crippen LogP contribution is 2.65. The summed E-state index contributed by atoms with van der Waals surface area (Å²) in [6.45, 7) is 26.2. The van der Waals surface area contributed by atoms with Crippen molar-refractivity contribution >= 4 is 0 Å². The fourth-order valence-electron chi connectivity index (χ4n) is 19.7. The first-order chi connectivity index (χ1) is 46.9. The average Bonchev–Trinajstić information content (AvgIpc) is 1.55. The highest BCUT2D eigenvalue weighted by molar-refractivity contribution is 6.03. The van der Waals surface area contributed by atoms with E-state index in [0.29, 0.717) is 0 Å². The lowest BCUT2D eigenvalue weighted by Crippen LogP contribution is -2.29. The lowest BCUT2D eigenvalue weighted by atomic mass is 9.65. The maximum atomic E-state index is 6.72. The van der Waals surface area contributed by atoms with Crippen molar-refractivity contribution in [1.29, 1.82) is 0 Å². The number of aryl methyl sites for hydroxylation is 3. The first-order valence-electron chi connectivity index (χ1n) is 34.8. The number of hydrogen-bond donors (Lipinski definition) is 0. The lowest BCUT2D eigenvalue weighted by molar-refractivity contribution is 0.174. The van der Waals surface area contributed by atoms with Gasteiger partial charge < -0.3 is 9.47 Å². The third-order valence-electron chi connectivity index (χ3n) is 24.0. The lowest BCUT2D eigenvalue weighted by Gasteiger charge is -2.36. The summed E-state index contributed by atoms with van der Waals surface area (Å²) in [5.74, 6) is 1.52. The number of benzene rings is 13. The summed E-state index contributed by atoms with van der Waals surface area (Å²) in [5, 5.41) is 0. The second kappa shape index (κ2) is 20.0. The molecule has 13 aromatic rings. The maximum absolute atomic E-state index is 6.72. The molecular formula is C95H76O2. The summed E-state index contributed by atoms with van der Waals surface area (Å²) in [5.41, 5.74) is 42.3. The SMILES string of the molecule is Cc1cc(C)c(-c2cccc3c2-c2cc4c(cc2C3(c2cc(-c3cccc5c3-c3ccccc3C5(C)C)cc(-c3cccc5c3-c3ccccc3C5(C)C)c2)c2cc(-c3cccc5c3-c3ccccc3C5(C)C)cc(-c3cccc5c3-c3ccccc3C5(C)C)c2)OCO4)c(C)c1. The van der Waals surface area contributed by atoms with Gasteiger partial charge in [0.25, 0.3) is 0 Å². The molecule has 0 spiro atoms. The molecule has 0 atom stereocenters. The molecule has 468 valence electrons. The largest absolute Gasteiger partial charge is 0.454 e. The van der Waals surface area contributed by atoms with E-state index >= 15 is 0 Å². The molecule has 13 aromatic carbocycles. The molecule has 97 heavy (non-hydrogen) atoms. The van der Waals surface area contributed by atoms with Crippen LogP contribution in [0.4, 0.5) is 0 Å². The fourth-order valence-corrected chi connectivity index (χ4v) is 19.7. The molecule has 1 aliphatic heterocycles. The molecule has 0 N–H and O–H groups in total. The maximum Gasteiger partial charge on any atom is 0.231 e. The average molecular weight is 1250 g/mol. The van der Waals surface area contributed by atoms with E-state index in [0.717, 1.165) is 22.6 Å². The van der Waals surface area contributed by atoms with E-state index < -0.39 is 5.41 Å². The van der Waals surface area contributed by atoms with Crippen LogP contribution >= 0.6 is 0 Å². The third kappa shape index (κ3) is 7.73. The molecule has 0 bridgehead atoms. The molecule has 0 saturated carbocycles. The summed E-state index contributed by atoms with van der Waals surface area (Å²) >= 11 is 0. The van der Waals surface area contributed by atoms with Crippen molar-refractivity contribution in [2.45, 2.75) is 103 Å². The van der Waals surface area contributed by atoms with Gasteiger partial charge in [-0.05, 0) is 258 Å². The van der Waals surface area contributed by atoms with E-state index in [1.165, 1.54) is 184 Å².